The highest BCUT2D eigenvalue weighted by Crippen LogP contribution is 2.17. The van der Waals surface area contributed by atoms with Crippen LogP contribution in [0.2, 0.25) is 0 Å². The van der Waals surface area contributed by atoms with Crippen LogP contribution in [0.25, 0.3) is 11.3 Å². The van der Waals surface area contributed by atoms with Gasteiger partial charge in [0, 0.05) is 12.7 Å². The first-order valence-corrected chi connectivity index (χ1v) is 4.45. The van der Waals surface area contributed by atoms with Crippen molar-refractivity contribution in [1.29, 1.82) is 0 Å². The predicted octanol–water partition coefficient (Wildman–Crippen LogP) is 1.14. The number of hydrogen-bond acceptors (Lipinski definition) is 4. The summed E-state index contributed by atoms with van der Waals surface area (Å²) in [4.78, 5) is 3.54. The van der Waals surface area contributed by atoms with Crippen LogP contribution >= 0.6 is 0 Å². The van der Waals surface area contributed by atoms with Crippen LogP contribution in [0.15, 0.2) is 30.5 Å². The Morgan fingerprint density at radius 1 is 1.20 bits per heavy atom. The maximum atomic E-state index is 13.3. The van der Waals surface area contributed by atoms with E-state index >= 15 is 0 Å². The SMILES string of the molecule is NCc1ccc(-c2cccnc2F)nn1. The third-order valence-electron chi connectivity index (χ3n) is 1.96. The van der Waals surface area contributed by atoms with Crippen LogP contribution in [0.3, 0.4) is 0 Å². The van der Waals surface area contributed by atoms with Crippen LogP contribution < -0.4 is 5.73 Å². The van der Waals surface area contributed by atoms with Gasteiger partial charge in [-0.3, -0.25) is 0 Å². The third-order valence-corrected chi connectivity index (χ3v) is 1.96. The molecule has 0 spiro atoms. The van der Waals surface area contributed by atoms with E-state index < -0.39 is 5.95 Å². The summed E-state index contributed by atoms with van der Waals surface area (Å²) in [6, 6.07) is 6.65. The van der Waals surface area contributed by atoms with Crippen molar-refractivity contribution >= 4 is 0 Å². The van der Waals surface area contributed by atoms with Crippen molar-refractivity contribution in [2.45, 2.75) is 6.54 Å². The van der Waals surface area contributed by atoms with Gasteiger partial charge in [0.25, 0.3) is 0 Å². The molecule has 2 N–H and O–H groups in total. The van der Waals surface area contributed by atoms with Gasteiger partial charge in [0.05, 0.1) is 17.0 Å². The molecule has 4 nitrogen and oxygen atoms in total. The van der Waals surface area contributed by atoms with Crippen molar-refractivity contribution < 1.29 is 4.39 Å². The Hall–Kier alpha value is -1.88. The van der Waals surface area contributed by atoms with Gasteiger partial charge in [-0.05, 0) is 24.3 Å². The molecule has 0 aliphatic rings. The number of halogens is 1. The Bertz CT molecular complexity index is 455. The van der Waals surface area contributed by atoms with Crippen molar-refractivity contribution in [3.05, 3.63) is 42.1 Å². The van der Waals surface area contributed by atoms with Crippen molar-refractivity contribution in [1.82, 2.24) is 15.2 Å². The Morgan fingerprint density at radius 3 is 2.67 bits per heavy atom. The Balaban J connectivity index is 2.42. The maximum Gasteiger partial charge on any atom is 0.222 e. The first-order chi connectivity index (χ1) is 7.31. The molecule has 0 aliphatic heterocycles. The zero-order valence-corrected chi connectivity index (χ0v) is 7.89. The van der Waals surface area contributed by atoms with Gasteiger partial charge in [0.1, 0.15) is 0 Å². The first-order valence-electron chi connectivity index (χ1n) is 4.45. The van der Waals surface area contributed by atoms with E-state index in [9.17, 15) is 4.39 Å². The van der Waals surface area contributed by atoms with E-state index in [0.717, 1.165) is 0 Å². The standard InChI is InChI=1S/C10H9FN4/c11-10-8(2-1-5-13-10)9-4-3-7(6-12)14-15-9/h1-5H,6,12H2. The molecule has 0 fully saturated rings. The average Bonchev–Trinajstić information content (AvgIpc) is 2.30. The van der Waals surface area contributed by atoms with Crippen LogP contribution in [0.1, 0.15) is 5.69 Å². The van der Waals surface area contributed by atoms with Gasteiger partial charge < -0.3 is 5.73 Å². The van der Waals surface area contributed by atoms with Gasteiger partial charge in [-0.1, -0.05) is 0 Å². The lowest BCUT2D eigenvalue weighted by molar-refractivity contribution is 0.586. The maximum absolute atomic E-state index is 13.3. The van der Waals surface area contributed by atoms with E-state index in [1.54, 1.807) is 24.3 Å². The van der Waals surface area contributed by atoms with E-state index in [4.69, 9.17) is 5.73 Å². The molecule has 76 valence electrons. The summed E-state index contributed by atoms with van der Waals surface area (Å²) in [5, 5.41) is 7.72. The average molecular weight is 204 g/mol. The lowest BCUT2D eigenvalue weighted by Crippen LogP contribution is -2.01. The second kappa shape index (κ2) is 4.10. The molecular formula is C10H9FN4. The summed E-state index contributed by atoms with van der Waals surface area (Å²) in [5.74, 6) is -0.549. The number of aromatic nitrogens is 3. The summed E-state index contributed by atoms with van der Waals surface area (Å²) < 4.78 is 13.3. The Labute approximate surface area is 86.0 Å². The zero-order valence-electron chi connectivity index (χ0n) is 7.89. The molecule has 15 heavy (non-hydrogen) atoms. The second-order valence-electron chi connectivity index (χ2n) is 2.96. The molecular weight excluding hydrogens is 195 g/mol. The quantitative estimate of drug-likeness (QED) is 0.745. The lowest BCUT2D eigenvalue weighted by atomic mass is 10.2. The molecule has 2 rings (SSSR count). The Kier molecular flexibility index (Phi) is 2.64. The topological polar surface area (TPSA) is 64.7 Å². The fraction of sp³-hybridized carbons (Fsp3) is 0.100. The predicted molar refractivity (Wildman–Crippen MR) is 53.1 cm³/mol. The van der Waals surface area contributed by atoms with Crippen LogP contribution in [0.4, 0.5) is 4.39 Å². The molecule has 5 heteroatoms. The van der Waals surface area contributed by atoms with E-state index in [1.165, 1.54) is 6.20 Å². The molecule has 0 saturated carbocycles. The van der Waals surface area contributed by atoms with Gasteiger partial charge in [-0.2, -0.15) is 14.6 Å². The molecule has 0 unspecified atom stereocenters. The summed E-state index contributed by atoms with van der Waals surface area (Å²) in [6.07, 6.45) is 1.39. The molecule has 2 aromatic heterocycles. The minimum atomic E-state index is -0.549. The van der Waals surface area contributed by atoms with Crippen molar-refractivity contribution in [2.75, 3.05) is 0 Å². The minimum Gasteiger partial charge on any atom is -0.325 e. The molecule has 2 aromatic rings. The highest BCUT2D eigenvalue weighted by Gasteiger charge is 2.06. The molecule has 0 radical (unpaired) electrons. The van der Waals surface area contributed by atoms with E-state index in [2.05, 4.69) is 15.2 Å². The normalized spacial score (nSPS) is 10.3. The van der Waals surface area contributed by atoms with Crippen LogP contribution in [-0.4, -0.2) is 15.2 Å². The van der Waals surface area contributed by atoms with Crippen molar-refractivity contribution in [3.63, 3.8) is 0 Å². The highest BCUT2D eigenvalue weighted by atomic mass is 19.1. The van der Waals surface area contributed by atoms with Crippen LogP contribution in [-0.2, 0) is 6.54 Å². The first kappa shape index (κ1) is 9.67. The lowest BCUT2D eigenvalue weighted by Gasteiger charge is -2.00. The number of rotatable bonds is 2. The van der Waals surface area contributed by atoms with E-state index in [1.807, 2.05) is 0 Å². The van der Waals surface area contributed by atoms with Gasteiger partial charge >= 0.3 is 0 Å². The van der Waals surface area contributed by atoms with Crippen LogP contribution in [0, 0.1) is 5.95 Å². The van der Waals surface area contributed by atoms with E-state index in [-0.39, 0.29) is 0 Å². The number of nitrogens with zero attached hydrogens (tertiary/aromatic N) is 3. The highest BCUT2D eigenvalue weighted by molar-refractivity contribution is 5.57. The van der Waals surface area contributed by atoms with E-state index in [0.29, 0.717) is 23.5 Å². The molecule has 0 aliphatic carbocycles. The largest absolute Gasteiger partial charge is 0.325 e. The van der Waals surface area contributed by atoms with Crippen molar-refractivity contribution in [2.24, 2.45) is 5.73 Å². The number of nitrogens with two attached hydrogens (primary N) is 1. The zero-order chi connectivity index (χ0) is 10.7. The molecule has 0 amide bonds. The summed E-state index contributed by atoms with van der Waals surface area (Å²) in [7, 11) is 0. The molecule has 0 atom stereocenters. The van der Waals surface area contributed by atoms with Gasteiger partial charge in [0.15, 0.2) is 0 Å². The monoisotopic (exact) mass is 204 g/mol. The molecule has 0 saturated heterocycles. The fourth-order valence-electron chi connectivity index (χ4n) is 1.19. The third kappa shape index (κ3) is 1.97. The van der Waals surface area contributed by atoms with Gasteiger partial charge in [-0.15, -0.1) is 0 Å². The summed E-state index contributed by atoms with van der Waals surface area (Å²) in [5.41, 5.74) is 6.85. The molecule has 2 heterocycles. The van der Waals surface area contributed by atoms with Crippen LogP contribution in [0.5, 0.6) is 0 Å². The smallest absolute Gasteiger partial charge is 0.222 e. The number of hydrogen-bond donors (Lipinski definition) is 1. The summed E-state index contributed by atoms with van der Waals surface area (Å²) in [6.45, 7) is 0.322. The van der Waals surface area contributed by atoms with Crippen molar-refractivity contribution in [3.8, 4) is 11.3 Å². The van der Waals surface area contributed by atoms with Gasteiger partial charge in [0.2, 0.25) is 5.95 Å². The number of pyridine rings is 1. The minimum absolute atomic E-state index is 0.322. The second-order valence-corrected chi connectivity index (χ2v) is 2.96. The molecule has 0 aromatic carbocycles. The summed E-state index contributed by atoms with van der Waals surface area (Å²) >= 11 is 0. The fourth-order valence-corrected chi connectivity index (χ4v) is 1.19. The molecule has 0 bridgehead atoms. The van der Waals surface area contributed by atoms with Gasteiger partial charge in [-0.25, -0.2) is 4.98 Å². The Morgan fingerprint density at radius 2 is 2.07 bits per heavy atom.